The Morgan fingerprint density at radius 2 is 2.00 bits per heavy atom. The second-order valence-electron chi connectivity index (χ2n) is 5.85. The van der Waals surface area contributed by atoms with Crippen LogP contribution < -0.4 is 0 Å². The van der Waals surface area contributed by atoms with Crippen LogP contribution in [0.2, 0.25) is 0 Å². The monoisotopic (exact) mass is 329 g/mol. The molecule has 1 amide bonds. The van der Waals surface area contributed by atoms with Gasteiger partial charge in [0.2, 0.25) is 0 Å². The number of carboxylic acid groups (broad SMARTS) is 1. The number of hydrogen-bond donors (Lipinski definition) is 1. The quantitative estimate of drug-likeness (QED) is 0.898. The minimum Gasteiger partial charge on any atom is -0.479 e. The van der Waals surface area contributed by atoms with Crippen molar-refractivity contribution in [3.8, 4) is 5.69 Å². The molecule has 0 radical (unpaired) electrons. The predicted octanol–water partition coefficient (Wildman–Crippen LogP) is 1.46. The van der Waals surface area contributed by atoms with Crippen molar-refractivity contribution in [2.75, 3.05) is 7.05 Å². The number of nitrogens with zero attached hydrogens (tertiary/aromatic N) is 3. The van der Waals surface area contributed by atoms with Gasteiger partial charge in [0.25, 0.3) is 5.91 Å². The average molecular weight is 329 g/mol. The molecule has 1 saturated heterocycles. The number of aromatic nitrogens is 2. The Labute approximate surface area is 139 Å². The number of aliphatic carboxylic acids is 1. The van der Waals surface area contributed by atoms with E-state index in [9.17, 15) is 9.59 Å². The van der Waals surface area contributed by atoms with Gasteiger partial charge >= 0.3 is 5.97 Å². The molecule has 7 nitrogen and oxygen atoms in total. The van der Waals surface area contributed by atoms with E-state index in [2.05, 4.69) is 5.10 Å². The fourth-order valence-electron chi connectivity index (χ4n) is 2.76. The first-order chi connectivity index (χ1) is 11.5. The van der Waals surface area contributed by atoms with Crippen LogP contribution in [-0.4, -0.2) is 50.9 Å². The largest absolute Gasteiger partial charge is 0.479 e. The summed E-state index contributed by atoms with van der Waals surface area (Å²) < 4.78 is 7.06. The average Bonchev–Trinajstić information content (AvgIpc) is 3.24. The predicted molar refractivity (Wildman–Crippen MR) is 85.6 cm³/mol. The highest BCUT2D eigenvalue weighted by atomic mass is 16.5. The summed E-state index contributed by atoms with van der Waals surface area (Å²) in [6, 6.07) is 9.70. The molecule has 7 heteroatoms. The molecular formula is C17H19N3O4. The van der Waals surface area contributed by atoms with Gasteiger partial charge in [-0.15, -0.1) is 0 Å². The van der Waals surface area contributed by atoms with E-state index in [1.54, 1.807) is 22.8 Å². The first-order valence-electron chi connectivity index (χ1n) is 7.77. The third-order valence-electron chi connectivity index (χ3n) is 4.02. The smallest absolute Gasteiger partial charge is 0.332 e. The van der Waals surface area contributed by atoms with Crippen molar-refractivity contribution in [3.05, 3.63) is 48.3 Å². The molecule has 1 aliphatic rings. The van der Waals surface area contributed by atoms with Crippen molar-refractivity contribution < 1.29 is 19.4 Å². The van der Waals surface area contributed by atoms with Crippen molar-refractivity contribution in [2.45, 2.75) is 31.6 Å². The van der Waals surface area contributed by atoms with Crippen molar-refractivity contribution in [1.82, 2.24) is 14.7 Å². The Morgan fingerprint density at radius 1 is 1.29 bits per heavy atom. The lowest BCUT2D eigenvalue weighted by Gasteiger charge is -2.20. The maximum atomic E-state index is 12.4. The fraction of sp³-hybridized carbons (Fsp3) is 0.353. The Bertz CT molecular complexity index is 728. The van der Waals surface area contributed by atoms with E-state index in [0.717, 1.165) is 11.3 Å². The summed E-state index contributed by atoms with van der Waals surface area (Å²) in [5.41, 5.74) is 1.84. The summed E-state index contributed by atoms with van der Waals surface area (Å²) in [7, 11) is 1.68. The van der Waals surface area contributed by atoms with Gasteiger partial charge in [0.05, 0.1) is 11.9 Å². The topological polar surface area (TPSA) is 84.7 Å². The van der Waals surface area contributed by atoms with Gasteiger partial charge in [-0.25, -0.2) is 9.48 Å². The molecule has 1 fully saturated rings. The third-order valence-corrected chi connectivity index (χ3v) is 4.02. The molecule has 0 spiro atoms. The minimum absolute atomic E-state index is 0.203. The zero-order chi connectivity index (χ0) is 17.1. The molecule has 1 aromatic heterocycles. The summed E-state index contributed by atoms with van der Waals surface area (Å²) in [5, 5.41) is 13.2. The van der Waals surface area contributed by atoms with Crippen LogP contribution >= 0.6 is 0 Å². The summed E-state index contributed by atoms with van der Waals surface area (Å²) in [6.45, 7) is 0.392. The first kappa shape index (κ1) is 16.2. The maximum Gasteiger partial charge on any atom is 0.332 e. The van der Waals surface area contributed by atoms with Gasteiger partial charge in [-0.3, -0.25) is 4.79 Å². The van der Waals surface area contributed by atoms with Crippen LogP contribution in [0.1, 0.15) is 18.4 Å². The van der Waals surface area contributed by atoms with Crippen molar-refractivity contribution in [1.29, 1.82) is 0 Å². The molecule has 1 N–H and O–H groups in total. The van der Waals surface area contributed by atoms with E-state index in [-0.39, 0.29) is 5.91 Å². The Hall–Kier alpha value is -2.67. The molecule has 1 aliphatic heterocycles. The van der Waals surface area contributed by atoms with Crippen LogP contribution in [0.5, 0.6) is 0 Å². The maximum absolute atomic E-state index is 12.4. The number of likely N-dealkylation sites (N-methyl/N-ethyl adjacent to an activating group) is 1. The van der Waals surface area contributed by atoms with Gasteiger partial charge in [-0.1, -0.05) is 18.2 Å². The molecular weight excluding hydrogens is 310 g/mol. The number of carboxylic acids is 1. The first-order valence-corrected chi connectivity index (χ1v) is 7.77. The number of ether oxygens (including phenoxy) is 1. The lowest BCUT2D eigenvalue weighted by molar-refractivity contribution is -0.154. The van der Waals surface area contributed by atoms with Crippen molar-refractivity contribution >= 4 is 11.9 Å². The highest BCUT2D eigenvalue weighted by Crippen LogP contribution is 2.22. The molecule has 0 aliphatic carbocycles. The molecule has 126 valence electrons. The number of hydrogen-bond acceptors (Lipinski definition) is 4. The van der Waals surface area contributed by atoms with E-state index >= 15 is 0 Å². The van der Waals surface area contributed by atoms with Crippen LogP contribution in [0.15, 0.2) is 42.7 Å². The van der Waals surface area contributed by atoms with E-state index in [4.69, 9.17) is 9.84 Å². The number of carbonyl (C=O) groups is 2. The molecule has 2 aromatic rings. The standard InChI is InChI=1S/C17H19N3O4/c1-19(16(21)14-7-8-15(24-14)17(22)23)10-12-9-18-20(11-12)13-5-3-2-4-6-13/h2-6,9,11,14-15H,7-8,10H2,1H3,(H,22,23)/t14-,15+/m0/s1. The number of para-hydroxylation sites is 1. The van der Waals surface area contributed by atoms with Crippen LogP contribution in [0.3, 0.4) is 0 Å². The normalized spacial score (nSPS) is 20.0. The van der Waals surface area contributed by atoms with Gasteiger partial charge in [0.15, 0.2) is 6.10 Å². The van der Waals surface area contributed by atoms with Crippen LogP contribution in [0.25, 0.3) is 5.69 Å². The molecule has 0 unspecified atom stereocenters. The van der Waals surface area contributed by atoms with Gasteiger partial charge < -0.3 is 14.7 Å². The fourth-order valence-corrected chi connectivity index (χ4v) is 2.76. The second kappa shape index (κ2) is 6.84. The van der Waals surface area contributed by atoms with Crippen molar-refractivity contribution in [2.24, 2.45) is 0 Å². The SMILES string of the molecule is CN(Cc1cnn(-c2ccccc2)c1)C(=O)[C@@H]1CC[C@H](C(=O)O)O1. The molecule has 0 bridgehead atoms. The zero-order valence-corrected chi connectivity index (χ0v) is 13.3. The molecule has 3 rings (SSSR count). The van der Waals surface area contributed by atoms with Gasteiger partial charge in [-0.05, 0) is 25.0 Å². The summed E-state index contributed by atoms with van der Waals surface area (Å²) in [6.07, 6.45) is 2.82. The number of carbonyl (C=O) groups excluding carboxylic acids is 1. The van der Waals surface area contributed by atoms with Crippen LogP contribution in [0.4, 0.5) is 0 Å². The number of amides is 1. The van der Waals surface area contributed by atoms with E-state index in [1.807, 2.05) is 36.5 Å². The van der Waals surface area contributed by atoms with Gasteiger partial charge in [0.1, 0.15) is 6.10 Å². The second-order valence-corrected chi connectivity index (χ2v) is 5.85. The Morgan fingerprint density at radius 3 is 2.67 bits per heavy atom. The summed E-state index contributed by atoms with van der Waals surface area (Å²) >= 11 is 0. The summed E-state index contributed by atoms with van der Waals surface area (Å²) in [5.74, 6) is -1.22. The van der Waals surface area contributed by atoms with Crippen LogP contribution in [-0.2, 0) is 20.9 Å². The molecule has 2 atom stereocenters. The van der Waals surface area contributed by atoms with E-state index < -0.39 is 18.2 Å². The van der Waals surface area contributed by atoms with Crippen LogP contribution in [0, 0.1) is 0 Å². The third kappa shape index (κ3) is 3.46. The molecule has 0 saturated carbocycles. The molecule has 1 aromatic carbocycles. The molecule has 24 heavy (non-hydrogen) atoms. The lowest BCUT2D eigenvalue weighted by Crippen LogP contribution is -2.36. The lowest BCUT2D eigenvalue weighted by atomic mass is 10.2. The highest BCUT2D eigenvalue weighted by Gasteiger charge is 2.36. The zero-order valence-electron chi connectivity index (χ0n) is 13.3. The van der Waals surface area contributed by atoms with E-state index in [0.29, 0.717) is 19.4 Å². The highest BCUT2D eigenvalue weighted by molar-refractivity contribution is 5.82. The summed E-state index contributed by atoms with van der Waals surface area (Å²) in [4.78, 5) is 24.8. The Kier molecular flexibility index (Phi) is 4.61. The number of rotatable bonds is 5. The van der Waals surface area contributed by atoms with E-state index in [1.165, 1.54) is 0 Å². The molecule has 2 heterocycles. The van der Waals surface area contributed by atoms with Crippen molar-refractivity contribution in [3.63, 3.8) is 0 Å². The Balaban J connectivity index is 1.61. The minimum atomic E-state index is -1.02. The van der Waals surface area contributed by atoms with Gasteiger partial charge in [-0.2, -0.15) is 5.10 Å². The number of benzene rings is 1. The van der Waals surface area contributed by atoms with Gasteiger partial charge in [0, 0.05) is 25.4 Å².